The summed E-state index contributed by atoms with van der Waals surface area (Å²) >= 11 is 1.76. The molecule has 5 nitrogen and oxygen atoms in total. The van der Waals surface area contributed by atoms with Crippen LogP contribution in [0, 0.1) is 12.8 Å². The molecule has 2 aromatic heterocycles. The van der Waals surface area contributed by atoms with Crippen LogP contribution in [0.15, 0.2) is 22.0 Å². The lowest BCUT2D eigenvalue weighted by Crippen LogP contribution is -2.41. The van der Waals surface area contributed by atoms with Gasteiger partial charge >= 0.3 is 0 Å². The minimum absolute atomic E-state index is 0.0839. The standard InChI is InChI=1S/C20H29N3O2S/c1-13(2)19-18(15(4)22-25-19)20(24)21-12-16(17-6-5-11-26-17)23-9-7-14(3)8-10-23/h5-6,11,13-14,16H,7-10,12H2,1-4H3,(H,21,24)/t16-/m1/s1. The van der Waals surface area contributed by atoms with Crippen molar-refractivity contribution in [2.75, 3.05) is 19.6 Å². The van der Waals surface area contributed by atoms with E-state index in [1.807, 2.05) is 20.8 Å². The van der Waals surface area contributed by atoms with Gasteiger partial charge in [-0.2, -0.15) is 0 Å². The first kappa shape index (κ1) is 19.1. The second-order valence-electron chi connectivity index (χ2n) is 7.62. The van der Waals surface area contributed by atoms with Crippen LogP contribution in [0.5, 0.6) is 0 Å². The van der Waals surface area contributed by atoms with Gasteiger partial charge in [-0.25, -0.2) is 0 Å². The van der Waals surface area contributed by atoms with E-state index >= 15 is 0 Å². The number of aryl methyl sites for hydroxylation is 1. The molecule has 1 aliphatic heterocycles. The van der Waals surface area contributed by atoms with Crippen molar-refractivity contribution in [1.29, 1.82) is 0 Å². The number of amides is 1. The number of carbonyl (C=O) groups excluding carboxylic acids is 1. The number of aromatic nitrogens is 1. The highest BCUT2D eigenvalue weighted by Crippen LogP contribution is 2.29. The van der Waals surface area contributed by atoms with Crippen LogP contribution in [-0.2, 0) is 0 Å². The highest BCUT2D eigenvalue weighted by molar-refractivity contribution is 7.10. The Balaban J connectivity index is 1.72. The van der Waals surface area contributed by atoms with Gasteiger partial charge in [0.25, 0.3) is 5.91 Å². The van der Waals surface area contributed by atoms with Gasteiger partial charge < -0.3 is 9.84 Å². The number of carbonyl (C=O) groups is 1. The van der Waals surface area contributed by atoms with Gasteiger partial charge in [0.2, 0.25) is 0 Å². The van der Waals surface area contributed by atoms with Crippen molar-refractivity contribution in [1.82, 2.24) is 15.4 Å². The number of rotatable bonds is 6. The Morgan fingerprint density at radius 2 is 2.15 bits per heavy atom. The van der Waals surface area contributed by atoms with Crippen molar-refractivity contribution in [2.45, 2.75) is 52.5 Å². The van der Waals surface area contributed by atoms with Gasteiger partial charge in [0.05, 0.1) is 11.7 Å². The van der Waals surface area contributed by atoms with Crippen LogP contribution in [0.4, 0.5) is 0 Å². The smallest absolute Gasteiger partial charge is 0.256 e. The molecule has 142 valence electrons. The van der Waals surface area contributed by atoms with Crippen molar-refractivity contribution < 1.29 is 9.32 Å². The van der Waals surface area contributed by atoms with E-state index in [0.29, 0.717) is 23.6 Å². The third kappa shape index (κ3) is 4.18. The highest BCUT2D eigenvalue weighted by Gasteiger charge is 2.27. The van der Waals surface area contributed by atoms with Crippen molar-refractivity contribution in [2.24, 2.45) is 5.92 Å². The van der Waals surface area contributed by atoms with E-state index < -0.39 is 0 Å². The lowest BCUT2D eigenvalue weighted by atomic mass is 9.97. The number of hydrogen-bond donors (Lipinski definition) is 1. The third-order valence-electron chi connectivity index (χ3n) is 5.23. The molecular weight excluding hydrogens is 346 g/mol. The Kier molecular flexibility index (Phi) is 6.14. The first-order chi connectivity index (χ1) is 12.5. The van der Waals surface area contributed by atoms with Gasteiger partial charge in [0.1, 0.15) is 5.56 Å². The summed E-state index contributed by atoms with van der Waals surface area (Å²) in [5, 5.41) is 9.24. The Bertz CT molecular complexity index is 716. The first-order valence-corrected chi connectivity index (χ1v) is 10.4. The van der Waals surface area contributed by atoms with Gasteiger partial charge in [0, 0.05) is 17.3 Å². The predicted molar refractivity (Wildman–Crippen MR) is 105 cm³/mol. The van der Waals surface area contributed by atoms with Crippen LogP contribution >= 0.6 is 11.3 Å². The largest absolute Gasteiger partial charge is 0.360 e. The van der Waals surface area contributed by atoms with E-state index in [9.17, 15) is 4.79 Å². The zero-order chi connectivity index (χ0) is 18.7. The number of nitrogens with one attached hydrogen (secondary N) is 1. The van der Waals surface area contributed by atoms with Crippen molar-refractivity contribution >= 4 is 17.2 Å². The van der Waals surface area contributed by atoms with E-state index in [1.54, 1.807) is 11.3 Å². The fourth-order valence-electron chi connectivity index (χ4n) is 3.57. The van der Waals surface area contributed by atoms with Gasteiger partial charge in [-0.1, -0.05) is 32.0 Å². The summed E-state index contributed by atoms with van der Waals surface area (Å²) in [6.07, 6.45) is 2.44. The molecule has 3 rings (SSSR count). The Morgan fingerprint density at radius 1 is 1.42 bits per heavy atom. The minimum atomic E-state index is -0.0839. The highest BCUT2D eigenvalue weighted by atomic mass is 32.1. The summed E-state index contributed by atoms with van der Waals surface area (Å²) in [6, 6.07) is 4.49. The average molecular weight is 376 g/mol. The number of likely N-dealkylation sites (tertiary alicyclic amines) is 1. The summed E-state index contributed by atoms with van der Waals surface area (Å²) < 4.78 is 5.37. The molecular formula is C20H29N3O2S. The monoisotopic (exact) mass is 375 g/mol. The van der Waals surface area contributed by atoms with Gasteiger partial charge in [-0.15, -0.1) is 11.3 Å². The average Bonchev–Trinajstić information content (AvgIpc) is 3.26. The van der Waals surface area contributed by atoms with Crippen LogP contribution in [0.3, 0.4) is 0 Å². The number of piperidine rings is 1. The molecule has 1 amide bonds. The predicted octanol–water partition coefficient (Wildman–Crippen LogP) is 4.37. The quantitative estimate of drug-likeness (QED) is 0.814. The fraction of sp³-hybridized carbons (Fsp3) is 0.600. The van der Waals surface area contributed by atoms with Crippen LogP contribution in [0.1, 0.15) is 72.3 Å². The molecule has 0 bridgehead atoms. The second-order valence-corrected chi connectivity index (χ2v) is 8.60. The molecule has 0 aromatic carbocycles. The molecule has 6 heteroatoms. The lowest BCUT2D eigenvalue weighted by Gasteiger charge is -2.36. The maximum Gasteiger partial charge on any atom is 0.256 e. The summed E-state index contributed by atoms with van der Waals surface area (Å²) in [5.41, 5.74) is 1.25. The molecule has 1 atom stereocenters. The SMILES string of the molecule is Cc1noc(C(C)C)c1C(=O)NC[C@H](c1cccs1)N1CCC(C)CC1. The Labute approximate surface area is 159 Å². The Morgan fingerprint density at radius 3 is 2.77 bits per heavy atom. The minimum Gasteiger partial charge on any atom is -0.360 e. The number of thiophene rings is 1. The molecule has 0 unspecified atom stereocenters. The van der Waals surface area contributed by atoms with E-state index in [2.05, 4.69) is 39.8 Å². The van der Waals surface area contributed by atoms with Crippen LogP contribution < -0.4 is 5.32 Å². The second kappa shape index (κ2) is 8.35. The van der Waals surface area contributed by atoms with E-state index in [4.69, 9.17) is 4.52 Å². The molecule has 0 aliphatic carbocycles. The summed E-state index contributed by atoms with van der Waals surface area (Å²) in [6.45, 7) is 11.0. The summed E-state index contributed by atoms with van der Waals surface area (Å²) in [5.74, 6) is 1.51. The molecule has 1 aliphatic rings. The van der Waals surface area contributed by atoms with E-state index in [1.165, 1.54) is 17.7 Å². The van der Waals surface area contributed by atoms with Gasteiger partial charge in [-0.3, -0.25) is 9.69 Å². The van der Waals surface area contributed by atoms with Gasteiger partial charge in [-0.05, 0) is 50.2 Å². The number of nitrogens with zero attached hydrogens (tertiary/aromatic N) is 2. The first-order valence-electron chi connectivity index (χ1n) is 9.49. The zero-order valence-electron chi connectivity index (χ0n) is 16.1. The zero-order valence-corrected chi connectivity index (χ0v) is 16.9. The molecule has 0 radical (unpaired) electrons. The normalized spacial score (nSPS) is 17.6. The summed E-state index contributed by atoms with van der Waals surface area (Å²) in [4.78, 5) is 16.7. The third-order valence-corrected chi connectivity index (χ3v) is 6.20. The van der Waals surface area contributed by atoms with E-state index in [-0.39, 0.29) is 17.9 Å². The molecule has 3 heterocycles. The molecule has 0 spiro atoms. The van der Waals surface area contributed by atoms with Gasteiger partial charge in [0.15, 0.2) is 5.76 Å². The molecule has 1 saturated heterocycles. The Hall–Kier alpha value is -1.66. The molecule has 1 fully saturated rings. The van der Waals surface area contributed by atoms with Crippen LogP contribution in [0.25, 0.3) is 0 Å². The van der Waals surface area contributed by atoms with Crippen LogP contribution in [-0.4, -0.2) is 35.6 Å². The number of hydrogen-bond acceptors (Lipinski definition) is 5. The molecule has 2 aromatic rings. The maximum absolute atomic E-state index is 12.8. The van der Waals surface area contributed by atoms with Crippen LogP contribution in [0.2, 0.25) is 0 Å². The maximum atomic E-state index is 12.8. The molecule has 26 heavy (non-hydrogen) atoms. The lowest BCUT2D eigenvalue weighted by molar-refractivity contribution is 0.0912. The topological polar surface area (TPSA) is 58.4 Å². The molecule has 0 saturated carbocycles. The van der Waals surface area contributed by atoms with Crippen molar-refractivity contribution in [3.8, 4) is 0 Å². The molecule has 1 N–H and O–H groups in total. The fourth-order valence-corrected chi connectivity index (χ4v) is 4.43. The van der Waals surface area contributed by atoms with Crippen molar-refractivity contribution in [3.63, 3.8) is 0 Å². The summed E-state index contributed by atoms with van der Waals surface area (Å²) in [7, 11) is 0. The van der Waals surface area contributed by atoms with Crippen molar-refractivity contribution in [3.05, 3.63) is 39.4 Å². The van der Waals surface area contributed by atoms with E-state index in [0.717, 1.165) is 19.0 Å².